The van der Waals surface area contributed by atoms with Crippen LogP contribution in [-0.4, -0.2) is 29.5 Å². The number of hydrogen-bond donors (Lipinski definition) is 1. The minimum absolute atomic E-state index is 0.108. The summed E-state index contributed by atoms with van der Waals surface area (Å²) in [5, 5.41) is 1.13. The van der Waals surface area contributed by atoms with Gasteiger partial charge in [0.1, 0.15) is 6.10 Å². The molecule has 0 aromatic heterocycles. The fourth-order valence-corrected chi connectivity index (χ4v) is 2.07. The van der Waals surface area contributed by atoms with Crippen LogP contribution in [0.3, 0.4) is 0 Å². The van der Waals surface area contributed by atoms with Gasteiger partial charge in [-0.25, -0.2) is 10.6 Å². The number of hydrogen-bond acceptors (Lipinski definition) is 4. The number of nitrogens with two attached hydrogens (primary N) is 1. The summed E-state index contributed by atoms with van der Waals surface area (Å²) in [5.41, 5.74) is 0.931. The number of carbonyl (C=O) groups excluding carboxylic acids is 2. The third-order valence-electron chi connectivity index (χ3n) is 3.13. The van der Waals surface area contributed by atoms with E-state index < -0.39 is 5.97 Å². The van der Waals surface area contributed by atoms with E-state index in [0.29, 0.717) is 19.3 Å². The highest BCUT2D eigenvalue weighted by Gasteiger charge is 2.23. The first-order valence-electron chi connectivity index (χ1n) is 6.64. The monoisotopic (exact) mass is 274 g/mol. The van der Waals surface area contributed by atoms with Crippen LogP contribution < -0.4 is 5.84 Å². The van der Waals surface area contributed by atoms with E-state index in [1.165, 1.54) is 6.08 Å². The zero-order chi connectivity index (χ0) is 14.4. The molecule has 0 aliphatic carbocycles. The summed E-state index contributed by atoms with van der Waals surface area (Å²) < 4.78 is 5.31. The third kappa shape index (κ3) is 4.20. The molecule has 1 aliphatic heterocycles. The van der Waals surface area contributed by atoms with Crippen LogP contribution in [-0.2, 0) is 14.3 Å². The third-order valence-corrected chi connectivity index (χ3v) is 3.13. The topological polar surface area (TPSA) is 72.6 Å². The van der Waals surface area contributed by atoms with Crippen LogP contribution in [0.15, 0.2) is 36.4 Å². The molecule has 5 nitrogen and oxygen atoms in total. The van der Waals surface area contributed by atoms with Gasteiger partial charge in [-0.15, -0.1) is 0 Å². The van der Waals surface area contributed by atoms with Crippen LogP contribution in [0, 0.1) is 0 Å². The van der Waals surface area contributed by atoms with E-state index in [2.05, 4.69) is 0 Å². The number of nitrogens with zero attached hydrogens (tertiary/aromatic N) is 1. The molecule has 1 amide bonds. The van der Waals surface area contributed by atoms with Crippen LogP contribution in [0.25, 0.3) is 6.08 Å². The molecule has 1 unspecified atom stereocenters. The summed E-state index contributed by atoms with van der Waals surface area (Å²) in [5.74, 6) is 5.06. The van der Waals surface area contributed by atoms with E-state index in [4.69, 9.17) is 10.6 Å². The van der Waals surface area contributed by atoms with Gasteiger partial charge in [-0.05, 0) is 24.5 Å². The lowest BCUT2D eigenvalue weighted by molar-refractivity contribution is -0.145. The number of ether oxygens (including phenoxy) is 1. The zero-order valence-electron chi connectivity index (χ0n) is 11.2. The first-order valence-corrected chi connectivity index (χ1v) is 6.64. The summed E-state index contributed by atoms with van der Waals surface area (Å²) in [7, 11) is 0. The van der Waals surface area contributed by atoms with Crippen molar-refractivity contribution in [1.82, 2.24) is 5.01 Å². The average molecular weight is 274 g/mol. The maximum absolute atomic E-state index is 11.7. The zero-order valence-corrected chi connectivity index (χ0v) is 11.2. The minimum atomic E-state index is -0.415. The van der Waals surface area contributed by atoms with Crippen LogP contribution in [0.5, 0.6) is 0 Å². The predicted molar refractivity (Wildman–Crippen MR) is 75.1 cm³/mol. The maximum atomic E-state index is 11.7. The molecule has 2 rings (SSSR count). The van der Waals surface area contributed by atoms with Crippen molar-refractivity contribution in [1.29, 1.82) is 0 Å². The Bertz CT molecular complexity index is 499. The van der Waals surface area contributed by atoms with Gasteiger partial charge >= 0.3 is 5.97 Å². The summed E-state index contributed by atoms with van der Waals surface area (Å²) in [6.45, 7) is 0.254. The normalized spacial score (nSPS) is 19.9. The largest absolute Gasteiger partial charge is 0.457 e. The highest BCUT2D eigenvalue weighted by atomic mass is 16.5. The van der Waals surface area contributed by atoms with Gasteiger partial charge in [0.25, 0.3) is 0 Å². The van der Waals surface area contributed by atoms with Gasteiger partial charge in [0.2, 0.25) is 5.91 Å². The molecule has 1 fully saturated rings. The summed E-state index contributed by atoms with van der Waals surface area (Å²) in [6.07, 6.45) is 4.51. The second-order valence-corrected chi connectivity index (χ2v) is 4.74. The fraction of sp³-hybridized carbons (Fsp3) is 0.333. The van der Waals surface area contributed by atoms with Crippen molar-refractivity contribution >= 4 is 18.0 Å². The molecule has 1 saturated heterocycles. The molecule has 1 aliphatic rings. The predicted octanol–water partition coefficient (Wildman–Crippen LogP) is 1.50. The van der Waals surface area contributed by atoms with Crippen molar-refractivity contribution in [3.8, 4) is 0 Å². The van der Waals surface area contributed by atoms with E-state index >= 15 is 0 Å². The minimum Gasteiger partial charge on any atom is -0.457 e. The number of esters is 1. The van der Waals surface area contributed by atoms with Crippen molar-refractivity contribution in [2.24, 2.45) is 5.84 Å². The van der Waals surface area contributed by atoms with Gasteiger partial charge in [-0.3, -0.25) is 9.80 Å². The van der Waals surface area contributed by atoms with E-state index in [1.54, 1.807) is 6.08 Å². The van der Waals surface area contributed by atoms with Crippen molar-refractivity contribution in [3.63, 3.8) is 0 Å². The van der Waals surface area contributed by atoms with Gasteiger partial charge in [0, 0.05) is 12.5 Å². The lowest BCUT2D eigenvalue weighted by Crippen LogP contribution is -2.41. The fourth-order valence-electron chi connectivity index (χ4n) is 2.07. The van der Waals surface area contributed by atoms with E-state index in [1.807, 2.05) is 30.3 Å². The Morgan fingerprint density at radius 2 is 2.10 bits per heavy atom. The molecule has 0 spiro atoms. The smallest absolute Gasteiger partial charge is 0.331 e. The Morgan fingerprint density at radius 1 is 1.35 bits per heavy atom. The quantitative estimate of drug-likeness (QED) is 0.392. The number of amides is 1. The Hall–Kier alpha value is -2.14. The molecule has 0 saturated carbocycles. The summed E-state index contributed by atoms with van der Waals surface area (Å²) in [4.78, 5) is 23.1. The highest BCUT2D eigenvalue weighted by Crippen LogP contribution is 2.13. The highest BCUT2D eigenvalue weighted by molar-refractivity contribution is 5.87. The Labute approximate surface area is 118 Å². The molecule has 1 heterocycles. The SMILES string of the molecule is NN1CC(OC(=O)C=Cc2ccccc2)CCCC1=O. The summed E-state index contributed by atoms with van der Waals surface area (Å²) >= 11 is 0. The summed E-state index contributed by atoms with van der Waals surface area (Å²) in [6, 6.07) is 9.50. The number of hydrazine groups is 1. The molecule has 2 N–H and O–H groups in total. The number of benzene rings is 1. The van der Waals surface area contributed by atoms with Crippen LogP contribution in [0.4, 0.5) is 0 Å². The van der Waals surface area contributed by atoms with Crippen LogP contribution >= 0.6 is 0 Å². The first-order chi connectivity index (χ1) is 9.65. The van der Waals surface area contributed by atoms with E-state index in [0.717, 1.165) is 10.6 Å². The lowest BCUT2D eigenvalue weighted by Gasteiger charge is -2.19. The Morgan fingerprint density at radius 3 is 2.85 bits per heavy atom. The second-order valence-electron chi connectivity index (χ2n) is 4.74. The first kappa shape index (κ1) is 14.3. The van der Waals surface area contributed by atoms with Crippen LogP contribution in [0.2, 0.25) is 0 Å². The molecule has 106 valence electrons. The maximum Gasteiger partial charge on any atom is 0.331 e. The van der Waals surface area contributed by atoms with Crippen molar-refractivity contribution in [2.75, 3.05) is 6.54 Å². The Kier molecular flexibility index (Phi) is 4.90. The lowest BCUT2D eigenvalue weighted by atomic mass is 10.2. The van der Waals surface area contributed by atoms with Gasteiger partial charge in [-0.1, -0.05) is 30.3 Å². The molecule has 1 aromatic carbocycles. The molecule has 1 aromatic rings. The van der Waals surface area contributed by atoms with Gasteiger partial charge in [0.15, 0.2) is 0 Å². The molecule has 0 bridgehead atoms. The number of carbonyl (C=O) groups is 2. The molecule has 20 heavy (non-hydrogen) atoms. The van der Waals surface area contributed by atoms with Gasteiger partial charge < -0.3 is 4.74 Å². The Balaban J connectivity index is 1.88. The average Bonchev–Trinajstić information content (AvgIpc) is 2.60. The van der Waals surface area contributed by atoms with Crippen molar-refractivity contribution < 1.29 is 14.3 Å². The van der Waals surface area contributed by atoms with Crippen molar-refractivity contribution in [3.05, 3.63) is 42.0 Å². The second kappa shape index (κ2) is 6.86. The van der Waals surface area contributed by atoms with E-state index in [-0.39, 0.29) is 18.6 Å². The molecule has 1 atom stereocenters. The molecular weight excluding hydrogens is 256 g/mol. The molecular formula is C15H18N2O3. The van der Waals surface area contributed by atoms with Gasteiger partial charge in [-0.2, -0.15) is 0 Å². The molecule has 5 heteroatoms. The van der Waals surface area contributed by atoms with Gasteiger partial charge in [0.05, 0.1) is 6.54 Å². The van der Waals surface area contributed by atoms with Crippen LogP contribution in [0.1, 0.15) is 24.8 Å². The molecule has 0 radical (unpaired) electrons. The van der Waals surface area contributed by atoms with Crippen molar-refractivity contribution in [2.45, 2.75) is 25.4 Å². The standard InChI is InChI=1S/C15H18N2O3/c16-17-11-13(7-4-8-14(17)18)20-15(19)10-9-12-5-2-1-3-6-12/h1-3,5-6,9-10,13H,4,7-8,11,16H2. The van der Waals surface area contributed by atoms with E-state index in [9.17, 15) is 9.59 Å². The number of rotatable bonds is 3.